The molecule has 0 bridgehead atoms. The lowest BCUT2D eigenvalue weighted by Gasteiger charge is -2.11. The highest BCUT2D eigenvalue weighted by molar-refractivity contribution is 14.1. The van der Waals surface area contributed by atoms with Gasteiger partial charge in [0.2, 0.25) is 0 Å². The third-order valence-corrected chi connectivity index (χ3v) is 2.97. The van der Waals surface area contributed by atoms with Gasteiger partial charge in [0.1, 0.15) is 11.6 Å². The Kier molecular flexibility index (Phi) is 3.46. The molecule has 78 valence electrons. The molecule has 0 heterocycles. The van der Waals surface area contributed by atoms with E-state index in [1.165, 1.54) is 22.6 Å². The summed E-state index contributed by atoms with van der Waals surface area (Å²) in [6.07, 6.45) is -4.83. The molecule has 0 spiro atoms. The molecule has 0 N–H and O–H groups in total. The van der Waals surface area contributed by atoms with Gasteiger partial charge in [0.05, 0.1) is 8.59 Å². The number of halogens is 6. The largest absolute Gasteiger partial charge is 0.573 e. The molecule has 1 aromatic carbocycles. The fraction of sp³-hybridized carbons (Fsp3) is 0.143. The van der Waals surface area contributed by atoms with Crippen LogP contribution in [0.1, 0.15) is 0 Å². The molecule has 0 radical (unpaired) electrons. The van der Waals surface area contributed by atoms with Crippen molar-refractivity contribution in [1.82, 2.24) is 0 Å². The normalized spacial score (nSPS) is 11.6. The van der Waals surface area contributed by atoms with Crippen molar-refractivity contribution in [3.8, 4) is 5.75 Å². The van der Waals surface area contributed by atoms with Gasteiger partial charge < -0.3 is 4.74 Å². The van der Waals surface area contributed by atoms with Crippen LogP contribution in [0.25, 0.3) is 0 Å². The lowest BCUT2D eigenvalue weighted by Crippen LogP contribution is -2.17. The number of hydrogen-bond acceptors (Lipinski definition) is 1. The van der Waals surface area contributed by atoms with E-state index in [2.05, 4.69) is 4.74 Å². The molecule has 1 aromatic rings. The predicted octanol–water partition coefficient (Wildman–Crippen LogP) is 3.98. The zero-order valence-corrected chi connectivity index (χ0v) is 9.24. The molecule has 0 atom stereocenters. The molecule has 0 aliphatic heterocycles. The van der Waals surface area contributed by atoms with Crippen LogP contribution in [0.15, 0.2) is 12.1 Å². The average molecular weight is 340 g/mol. The Morgan fingerprint density at radius 3 is 2.36 bits per heavy atom. The first-order valence-electron chi connectivity index (χ1n) is 3.20. The lowest BCUT2D eigenvalue weighted by atomic mass is 10.3. The summed E-state index contributed by atoms with van der Waals surface area (Å²) in [6, 6.07) is 1.68. The third-order valence-electron chi connectivity index (χ3n) is 1.23. The van der Waals surface area contributed by atoms with Gasteiger partial charge in [-0.2, -0.15) is 0 Å². The van der Waals surface area contributed by atoms with Crippen molar-refractivity contribution in [3.63, 3.8) is 0 Å². The van der Waals surface area contributed by atoms with Gasteiger partial charge in [-0.1, -0.05) is 11.6 Å². The molecule has 7 heteroatoms. The minimum absolute atomic E-state index is 0.106. The van der Waals surface area contributed by atoms with E-state index in [-0.39, 0.29) is 8.59 Å². The molecule has 0 saturated heterocycles. The third kappa shape index (κ3) is 2.88. The molecule has 0 unspecified atom stereocenters. The summed E-state index contributed by atoms with van der Waals surface area (Å²) >= 11 is 6.92. The second-order valence-corrected chi connectivity index (χ2v) is 3.68. The number of ether oxygens (including phenoxy) is 1. The zero-order valence-electron chi connectivity index (χ0n) is 6.33. The van der Waals surface area contributed by atoms with Crippen molar-refractivity contribution in [2.24, 2.45) is 0 Å². The molecular formula is C7H2ClF4IO. The number of rotatable bonds is 1. The van der Waals surface area contributed by atoms with E-state index in [0.29, 0.717) is 0 Å². The van der Waals surface area contributed by atoms with Crippen LogP contribution in [0.4, 0.5) is 17.6 Å². The Hall–Kier alpha value is -0.240. The van der Waals surface area contributed by atoms with Crippen molar-refractivity contribution in [3.05, 3.63) is 26.5 Å². The Labute approximate surface area is 95.1 Å². The molecule has 1 nitrogen and oxygen atoms in total. The maximum Gasteiger partial charge on any atom is 0.573 e. The smallest absolute Gasteiger partial charge is 0.404 e. The molecular weight excluding hydrogens is 338 g/mol. The van der Waals surface area contributed by atoms with Gasteiger partial charge in [0.25, 0.3) is 0 Å². The molecule has 0 amide bonds. The van der Waals surface area contributed by atoms with E-state index in [0.717, 1.165) is 12.1 Å². The fourth-order valence-corrected chi connectivity index (χ4v) is 1.35. The van der Waals surface area contributed by atoms with Crippen molar-refractivity contribution >= 4 is 34.2 Å². The molecule has 0 aliphatic rings. The van der Waals surface area contributed by atoms with Crippen molar-refractivity contribution < 1.29 is 22.3 Å². The lowest BCUT2D eigenvalue weighted by molar-refractivity contribution is -0.274. The number of alkyl halides is 3. The van der Waals surface area contributed by atoms with Gasteiger partial charge in [0, 0.05) is 0 Å². The summed E-state index contributed by atoms with van der Waals surface area (Å²) in [5.41, 5.74) is 0. The molecule has 1 rings (SSSR count). The summed E-state index contributed by atoms with van der Waals surface area (Å²) in [7, 11) is 0. The number of benzene rings is 1. The highest BCUT2D eigenvalue weighted by atomic mass is 127. The topological polar surface area (TPSA) is 9.23 Å². The Bertz CT molecular complexity index is 352. The highest BCUT2D eigenvalue weighted by Gasteiger charge is 2.32. The minimum Gasteiger partial charge on any atom is -0.404 e. The first kappa shape index (κ1) is 11.8. The van der Waals surface area contributed by atoms with E-state index >= 15 is 0 Å². The second kappa shape index (κ2) is 4.09. The first-order valence-corrected chi connectivity index (χ1v) is 4.66. The van der Waals surface area contributed by atoms with E-state index in [1.807, 2.05) is 0 Å². The molecule has 0 fully saturated rings. The van der Waals surface area contributed by atoms with Crippen LogP contribution < -0.4 is 4.74 Å². The Morgan fingerprint density at radius 1 is 1.29 bits per heavy atom. The minimum atomic E-state index is -4.83. The monoisotopic (exact) mass is 340 g/mol. The zero-order chi connectivity index (χ0) is 10.9. The van der Waals surface area contributed by atoms with Crippen LogP contribution in [0.3, 0.4) is 0 Å². The number of hydrogen-bond donors (Lipinski definition) is 0. The molecule has 0 aliphatic carbocycles. The highest BCUT2D eigenvalue weighted by Crippen LogP contribution is 2.34. The summed E-state index contributed by atoms with van der Waals surface area (Å²) in [4.78, 5) is 0. The van der Waals surface area contributed by atoms with Crippen LogP contribution in [0.2, 0.25) is 5.02 Å². The fourth-order valence-electron chi connectivity index (χ4n) is 0.712. The van der Waals surface area contributed by atoms with Crippen LogP contribution in [-0.4, -0.2) is 6.36 Å². The van der Waals surface area contributed by atoms with Crippen LogP contribution in [-0.2, 0) is 0 Å². The van der Waals surface area contributed by atoms with Crippen molar-refractivity contribution in [2.45, 2.75) is 6.36 Å². The maximum atomic E-state index is 12.8. The van der Waals surface area contributed by atoms with Gasteiger partial charge in [-0.3, -0.25) is 0 Å². The summed E-state index contributed by atoms with van der Waals surface area (Å²) in [6.45, 7) is 0. The van der Waals surface area contributed by atoms with Gasteiger partial charge in [-0.25, -0.2) is 4.39 Å². The van der Waals surface area contributed by atoms with Crippen LogP contribution >= 0.6 is 34.2 Å². The Balaban J connectivity index is 3.06. The molecule has 0 aromatic heterocycles. The van der Waals surface area contributed by atoms with Gasteiger partial charge in [0.15, 0.2) is 0 Å². The molecule has 0 saturated carbocycles. The average Bonchev–Trinajstić information content (AvgIpc) is 2.04. The van der Waals surface area contributed by atoms with Crippen molar-refractivity contribution in [2.75, 3.05) is 0 Å². The van der Waals surface area contributed by atoms with Crippen LogP contribution in [0.5, 0.6) is 5.75 Å². The first-order chi connectivity index (χ1) is 6.31. The maximum absolute atomic E-state index is 12.8. The summed E-state index contributed by atoms with van der Waals surface area (Å²) in [5, 5.41) is -0.386. The van der Waals surface area contributed by atoms with E-state index < -0.39 is 17.9 Å². The predicted molar refractivity (Wildman–Crippen MR) is 50.8 cm³/mol. The SMILES string of the molecule is Fc1ccc(OC(F)(F)F)c(Cl)c1I. The van der Waals surface area contributed by atoms with E-state index in [1.54, 1.807) is 0 Å². The summed E-state index contributed by atoms with van der Waals surface area (Å²) < 4.78 is 51.6. The van der Waals surface area contributed by atoms with Gasteiger partial charge >= 0.3 is 6.36 Å². The van der Waals surface area contributed by atoms with Crippen LogP contribution in [0, 0.1) is 9.39 Å². The van der Waals surface area contributed by atoms with Gasteiger partial charge in [-0.15, -0.1) is 13.2 Å². The summed E-state index contributed by atoms with van der Waals surface area (Å²) in [5.74, 6) is -1.30. The van der Waals surface area contributed by atoms with E-state index in [9.17, 15) is 17.6 Å². The quantitative estimate of drug-likeness (QED) is 0.427. The standard InChI is InChI=1S/C7H2ClF4IO/c8-5-4(14-7(10,11)12)2-1-3(9)6(5)13/h1-2H. The Morgan fingerprint density at radius 2 is 1.86 bits per heavy atom. The molecule has 14 heavy (non-hydrogen) atoms. The van der Waals surface area contributed by atoms with Crippen molar-refractivity contribution in [1.29, 1.82) is 0 Å². The second-order valence-electron chi connectivity index (χ2n) is 2.22. The van der Waals surface area contributed by atoms with E-state index in [4.69, 9.17) is 11.6 Å². The van der Waals surface area contributed by atoms with Gasteiger partial charge in [-0.05, 0) is 34.7 Å².